The van der Waals surface area contributed by atoms with Crippen molar-refractivity contribution < 1.29 is 10.2 Å². The van der Waals surface area contributed by atoms with Crippen LogP contribution in [0.15, 0.2) is 54.6 Å². The highest BCUT2D eigenvalue weighted by Gasteiger charge is 2.15. The molecule has 0 saturated heterocycles. The molecule has 3 aromatic rings. The van der Waals surface area contributed by atoms with E-state index in [-0.39, 0.29) is 6.61 Å². The van der Waals surface area contributed by atoms with E-state index in [0.717, 1.165) is 17.6 Å². The van der Waals surface area contributed by atoms with E-state index in [1.54, 1.807) is 0 Å². The van der Waals surface area contributed by atoms with Gasteiger partial charge in [-0.05, 0) is 24.7 Å². The molecule has 0 amide bonds. The fraction of sp³-hybridized carbons (Fsp3) is 0.350. The van der Waals surface area contributed by atoms with Gasteiger partial charge in [-0.15, -0.1) is 0 Å². The van der Waals surface area contributed by atoms with Crippen LogP contribution < -0.4 is 5.32 Å². The first-order chi connectivity index (χ1) is 12.7. The van der Waals surface area contributed by atoms with Crippen LogP contribution >= 0.6 is 0 Å². The summed E-state index contributed by atoms with van der Waals surface area (Å²) in [4.78, 5) is 6.68. The lowest BCUT2D eigenvalue weighted by Gasteiger charge is -2.22. The topological polar surface area (TPSA) is 73.5 Å². The van der Waals surface area contributed by atoms with Crippen LogP contribution in [-0.4, -0.2) is 57.5 Å². The average molecular weight is 354 g/mol. The zero-order valence-electron chi connectivity index (χ0n) is 15.0. The number of benzene rings is 2. The minimum absolute atomic E-state index is 0.0333. The van der Waals surface area contributed by atoms with Crippen molar-refractivity contribution in [3.63, 3.8) is 0 Å². The van der Waals surface area contributed by atoms with Crippen LogP contribution in [0.2, 0.25) is 0 Å². The number of anilines is 1. The molecular formula is C20H26N4O2. The number of nitrogens with zero attached hydrogens (tertiary/aromatic N) is 3. The van der Waals surface area contributed by atoms with Gasteiger partial charge < -0.3 is 20.1 Å². The number of fused-ring (bicyclic) bond motifs is 1. The molecule has 2 aromatic carbocycles. The maximum atomic E-state index is 10.6. The van der Waals surface area contributed by atoms with Crippen molar-refractivity contribution in [2.75, 3.05) is 32.1 Å². The maximum absolute atomic E-state index is 10.6. The summed E-state index contributed by atoms with van der Waals surface area (Å²) in [6.07, 6.45) is -0.531. The van der Waals surface area contributed by atoms with Gasteiger partial charge in [-0.1, -0.05) is 42.5 Å². The largest absolute Gasteiger partial charge is 0.395 e. The Morgan fingerprint density at radius 2 is 1.85 bits per heavy atom. The van der Waals surface area contributed by atoms with Gasteiger partial charge in [0, 0.05) is 19.6 Å². The highest BCUT2D eigenvalue weighted by molar-refractivity contribution is 5.78. The predicted octanol–water partition coefficient (Wildman–Crippen LogP) is 1.93. The molecule has 0 radical (unpaired) electrons. The molecule has 6 nitrogen and oxygen atoms in total. The number of aliphatic hydroxyl groups excluding tert-OH is 2. The summed E-state index contributed by atoms with van der Waals surface area (Å²) >= 11 is 0. The Morgan fingerprint density at radius 1 is 1.12 bits per heavy atom. The highest BCUT2D eigenvalue weighted by atomic mass is 16.3. The minimum Gasteiger partial charge on any atom is -0.395 e. The van der Waals surface area contributed by atoms with E-state index in [2.05, 4.69) is 27.3 Å². The second-order valence-electron chi connectivity index (χ2n) is 6.52. The van der Waals surface area contributed by atoms with Crippen molar-refractivity contribution in [3.8, 4) is 0 Å². The van der Waals surface area contributed by atoms with E-state index < -0.39 is 6.10 Å². The number of hydrogen-bond donors (Lipinski definition) is 3. The zero-order chi connectivity index (χ0) is 18.4. The van der Waals surface area contributed by atoms with E-state index >= 15 is 0 Å². The molecule has 3 rings (SSSR count). The minimum atomic E-state index is -0.531. The Bertz CT molecular complexity index is 819. The molecule has 3 N–H and O–H groups in total. The number of para-hydroxylation sites is 2. The van der Waals surface area contributed by atoms with Crippen molar-refractivity contribution in [2.45, 2.75) is 19.2 Å². The third kappa shape index (κ3) is 4.60. The van der Waals surface area contributed by atoms with Gasteiger partial charge in [0.15, 0.2) is 0 Å². The number of likely N-dealkylation sites (N-methyl/N-ethyl adjacent to an activating group) is 1. The standard InChI is InChI=1S/C20H26N4O2/c1-23(13-16-7-3-2-4-8-16)14-17(26)15-24-19-10-6-5-9-18(19)22-20(24)21-11-12-25/h2-10,17,25-26H,11-15H2,1H3,(H,21,22). The molecule has 0 aliphatic carbocycles. The molecule has 0 saturated carbocycles. The Hall–Kier alpha value is -2.41. The highest BCUT2D eigenvalue weighted by Crippen LogP contribution is 2.20. The Labute approximate surface area is 153 Å². The van der Waals surface area contributed by atoms with Crippen molar-refractivity contribution in [1.29, 1.82) is 0 Å². The third-order valence-corrected chi connectivity index (χ3v) is 4.26. The SMILES string of the molecule is CN(Cc1ccccc1)CC(O)Cn1c(NCCO)nc2ccccc21. The molecule has 0 fully saturated rings. The van der Waals surface area contributed by atoms with Gasteiger partial charge in [0.05, 0.1) is 30.3 Å². The summed E-state index contributed by atoms with van der Waals surface area (Å²) in [6, 6.07) is 18.1. The predicted molar refractivity (Wildman–Crippen MR) is 104 cm³/mol. The van der Waals surface area contributed by atoms with Gasteiger partial charge in [-0.25, -0.2) is 4.98 Å². The lowest BCUT2D eigenvalue weighted by atomic mass is 10.2. The molecule has 0 bridgehead atoms. The summed E-state index contributed by atoms with van der Waals surface area (Å²) in [6.45, 7) is 2.24. The quantitative estimate of drug-likeness (QED) is 0.548. The number of aromatic nitrogens is 2. The van der Waals surface area contributed by atoms with E-state index in [0.29, 0.717) is 25.6 Å². The summed E-state index contributed by atoms with van der Waals surface area (Å²) in [5.41, 5.74) is 3.07. The molecule has 6 heteroatoms. The molecule has 26 heavy (non-hydrogen) atoms. The van der Waals surface area contributed by atoms with Crippen LogP contribution in [0.25, 0.3) is 11.0 Å². The summed E-state index contributed by atoms with van der Waals surface area (Å²) in [7, 11) is 2.01. The van der Waals surface area contributed by atoms with Crippen LogP contribution in [0.5, 0.6) is 0 Å². The van der Waals surface area contributed by atoms with Gasteiger partial charge >= 0.3 is 0 Å². The first-order valence-electron chi connectivity index (χ1n) is 8.88. The fourth-order valence-corrected chi connectivity index (χ4v) is 3.15. The van der Waals surface area contributed by atoms with Crippen molar-refractivity contribution in [1.82, 2.24) is 14.5 Å². The maximum Gasteiger partial charge on any atom is 0.204 e. The lowest BCUT2D eigenvalue weighted by molar-refractivity contribution is 0.108. The van der Waals surface area contributed by atoms with Gasteiger partial charge in [-0.3, -0.25) is 4.90 Å². The number of rotatable bonds is 9. The van der Waals surface area contributed by atoms with E-state index in [1.807, 2.05) is 54.1 Å². The van der Waals surface area contributed by atoms with Crippen molar-refractivity contribution >= 4 is 17.0 Å². The van der Waals surface area contributed by atoms with Crippen molar-refractivity contribution in [3.05, 3.63) is 60.2 Å². The Morgan fingerprint density at radius 3 is 2.62 bits per heavy atom. The van der Waals surface area contributed by atoms with Crippen LogP contribution in [0.4, 0.5) is 5.95 Å². The monoisotopic (exact) mass is 354 g/mol. The normalized spacial score (nSPS) is 12.6. The second kappa shape index (κ2) is 8.80. The summed E-state index contributed by atoms with van der Waals surface area (Å²) in [5, 5.41) is 22.8. The lowest BCUT2D eigenvalue weighted by Crippen LogP contribution is -2.32. The summed E-state index contributed by atoms with van der Waals surface area (Å²) < 4.78 is 1.98. The van der Waals surface area contributed by atoms with Gasteiger partial charge in [0.25, 0.3) is 0 Å². The van der Waals surface area contributed by atoms with Crippen LogP contribution in [0, 0.1) is 0 Å². The van der Waals surface area contributed by atoms with Crippen molar-refractivity contribution in [2.24, 2.45) is 0 Å². The van der Waals surface area contributed by atoms with Crippen LogP contribution in [-0.2, 0) is 13.1 Å². The second-order valence-corrected chi connectivity index (χ2v) is 6.52. The molecule has 138 valence electrons. The number of nitrogens with one attached hydrogen (secondary N) is 1. The molecule has 1 aromatic heterocycles. The average Bonchev–Trinajstić information content (AvgIpc) is 2.98. The molecule has 1 atom stereocenters. The van der Waals surface area contributed by atoms with Gasteiger partial charge in [0.2, 0.25) is 5.95 Å². The van der Waals surface area contributed by atoms with E-state index in [9.17, 15) is 5.11 Å². The van der Waals surface area contributed by atoms with Gasteiger partial charge in [-0.2, -0.15) is 0 Å². The van der Waals surface area contributed by atoms with E-state index in [1.165, 1.54) is 5.56 Å². The summed E-state index contributed by atoms with van der Waals surface area (Å²) in [5.74, 6) is 0.671. The zero-order valence-corrected chi connectivity index (χ0v) is 15.0. The van der Waals surface area contributed by atoms with Crippen LogP contribution in [0.3, 0.4) is 0 Å². The molecule has 0 aliphatic rings. The first-order valence-corrected chi connectivity index (χ1v) is 8.88. The smallest absolute Gasteiger partial charge is 0.204 e. The molecule has 1 heterocycles. The first kappa shape index (κ1) is 18.4. The number of imidazole rings is 1. The number of aliphatic hydroxyl groups is 2. The molecule has 0 spiro atoms. The number of hydrogen-bond acceptors (Lipinski definition) is 5. The fourth-order valence-electron chi connectivity index (χ4n) is 3.15. The van der Waals surface area contributed by atoms with Crippen LogP contribution in [0.1, 0.15) is 5.56 Å². The van der Waals surface area contributed by atoms with E-state index in [4.69, 9.17) is 5.11 Å². The third-order valence-electron chi connectivity index (χ3n) is 4.26. The van der Waals surface area contributed by atoms with Gasteiger partial charge in [0.1, 0.15) is 0 Å². The Balaban J connectivity index is 1.68. The molecule has 0 aliphatic heterocycles. The molecular weight excluding hydrogens is 328 g/mol. The molecule has 1 unspecified atom stereocenters. The Kier molecular flexibility index (Phi) is 6.22.